The SMILES string of the molecule is [2H]CCOCCOP(OCCC#N)N(C(C)C)C(C)C.[3H]OC. The molecule has 0 fully saturated rings. The Balaban J connectivity index is 0. The topological polar surface area (TPSA) is 75.0 Å². The van der Waals surface area contributed by atoms with Gasteiger partial charge in [-0.05, 0) is 34.6 Å². The van der Waals surface area contributed by atoms with Crippen LogP contribution in [0.4, 0.5) is 0 Å². The Morgan fingerprint density at radius 1 is 1.29 bits per heavy atom. The first kappa shape index (κ1) is 18.8. The fraction of sp³-hybridized carbons (Fsp3) is 0.929. The zero-order chi connectivity index (χ0) is 18.1. The summed E-state index contributed by atoms with van der Waals surface area (Å²) < 4.78 is 31.6. The van der Waals surface area contributed by atoms with Crippen LogP contribution >= 0.6 is 8.53 Å². The van der Waals surface area contributed by atoms with Crippen molar-refractivity contribution < 1.29 is 20.3 Å². The smallest absolute Gasteiger partial charge is 0.259 e. The van der Waals surface area contributed by atoms with Crippen molar-refractivity contribution in [3.63, 3.8) is 0 Å². The summed E-state index contributed by atoms with van der Waals surface area (Å²) in [5.74, 6) is 0. The van der Waals surface area contributed by atoms with Crippen molar-refractivity contribution in [1.82, 2.24) is 4.67 Å². The van der Waals surface area contributed by atoms with E-state index >= 15 is 0 Å². The van der Waals surface area contributed by atoms with E-state index in [0.717, 1.165) is 0 Å². The quantitative estimate of drug-likeness (QED) is 0.465. The van der Waals surface area contributed by atoms with Crippen LogP contribution in [0.5, 0.6) is 0 Å². The standard InChI is InChI=1S/C13H27N2O3P.CH4O/c1-6-16-10-11-18-19(17-9-7-8-14)15(12(2)3)13(4)5;1-2/h12-13H,6-7,9-11H2,1-5H3;2H,1H3/i1D;2T. The van der Waals surface area contributed by atoms with E-state index in [2.05, 4.69) is 43.5 Å². The third kappa shape index (κ3) is 12.0. The zero-order valence-electron chi connectivity index (χ0n) is 15.9. The summed E-state index contributed by atoms with van der Waals surface area (Å²) in [5.41, 5.74) is 0. The van der Waals surface area contributed by atoms with Crippen LogP contribution in [-0.4, -0.2) is 56.8 Å². The van der Waals surface area contributed by atoms with Crippen LogP contribution in [0.3, 0.4) is 0 Å². The van der Waals surface area contributed by atoms with Crippen LogP contribution in [0.1, 0.15) is 42.4 Å². The zero-order valence-corrected chi connectivity index (χ0v) is 14.8. The third-order valence-electron chi connectivity index (χ3n) is 2.24. The molecule has 0 aliphatic carbocycles. The molecule has 0 aromatic carbocycles. The van der Waals surface area contributed by atoms with Gasteiger partial charge in [0.15, 0.2) is 0 Å². The highest BCUT2D eigenvalue weighted by atomic mass is 31.2. The summed E-state index contributed by atoms with van der Waals surface area (Å²) in [6.45, 7) is 10.4. The molecule has 1 N–H and O–H groups in total. The first-order chi connectivity index (χ1) is 11.0. The van der Waals surface area contributed by atoms with E-state index in [4.69, 9.17) is 21.8 Å². The first-order valence-corrected chi connectivity index (χ1v) is 8.16. The van der Waals surface area contributed by atoms with Gasteiger partial charge >= 0.3 is 0 Å². The molecule has 21 heavy (non-hydrogen) atoms. The minimum absolute atomic E-state index is 0.261. The molecule has 0 amide bonds. The fourth-order valence-corrected chi connectivity index (χ4v) is 3.16. The summed E-state index contributed by atoms with van der Waals surface area (Å²) in [5, 5.41) is 12.1. The minimum atomic E-state index is -1.18. The minimum Gasteiger partial charge on any atom is -0.400 e. The molecule has 0 heterocycles. The maximum absolute atomic E-state index is 8.59. The Bertz CT molecular complexity index is 286. The van der Waals surface area contributed by atoms with Gasteiger partial charge in [-0.3, -0.25) is 0 Å². The predicted molar refractivity (Wildman–Crippen MR) is 85.8 cm³/mol. The molecule has 0 saturated carbocycles. The van der Waals surface area contributed by atoms with Crippen LogP contribution in [0, 0.1) is 11.3 Å². The lowest BCUT2D eigenvalue weighted by Crippen LogP contribution is -2.34. The van der Waals surface area contributed by atoms with Crippen molar-refractivity contribution >= 4 is 8.53 Å². The summed E-state index contributed by atoms with van der Waals surface area (Å²) in [6.07, 6.45) is 0.363. The monoisotopic (exact) mass is 325 g/mol. The van der Waals surface area contributed by atoms with Gasteiger partial charge in [-0.2, -0.15) is 5.26 Å². The lowest BCUT2D eigenvalue weighted by molar-refractivity contribution is 0.0955. The Hall–Kier alpha value is -0.280. The molecule has 1 atom stereocenters. The molecule has 0 saturated heterocycles. The van der Waals surface area contributed by atoms with Crippen molar-refractivity contribution in [3.05, 3.63) is 0 Å². The van der Waals surface area contributed by atoms with Crippen molar-refractivity contribution in [2.45, 2.75) is 53.1 Å². The van der Waals surface area contributed by atoms with Crippen molar-refractivity contribution in [2.75, 3.05) is 33.5 Å². The Morgan fingerprint density at radius 2 is 1.86 bits per heavy atom. The van der Waals surface area contributed by atoms with Gasteiger partial charge in [-0.25, -0.2) is 4.67 Å². The molecule has 126 valence electrons. The number of aliphatic hydroxyl groups excluding tert-OH is 1. The van der Waals surface area contributed by atoms with Gasteiger partial charge in [-0.15, -0.1) is 0 Å². The number of nitriles is 1. The number of aliphatic hydroxyl groups is 1. The second kappa shape index (κ2) is 16.1. The summed E-state index contributed by atoms with van der Waals surface area (Å²) >= 11 is 0. The van der Waals surface area contributed by atoms with Crippen molar-refractivity contribution in [1.29, 1.82) is 6.69 Å². The van der Waals surface area contributed by atoms with E-state index in [0.29, 0.717) is 44.9 Å². The van der Waals surface area contributed by atoms with E-state index in [9.17, 15) is 0 Å². The molecule has 0 rings (SSSR count). The largest absolute Gasteiger partial charge is 0.400 e. The third-order valence-corrected chi connectivity index (χ3v) is 4.34. The maximum atomic E-state index is 8.59. The van der Waals surface area contributed by atoms with Gasteiger partial charge in [0.05, 0.1) is 32.3 Å². The fourth-order valence-electron chi connectivity index (χ4n) is 1.59. The lowest BCUT2D eigenvalue weighted by atomic mass is 10.3. The van der Waals surface area contributed by atoms with Crippen LogP contribution in [0.25, 0.3) is 0 Å². The molecule has 0 spiro atoms. The predicted octanol–water partition coefficient (Wildman–Crippen LogP) is 2.92. The van der Waals surface area contributed by atoms with E-state index in [1.165, 1.54) is 7.11 Å². The second-order valence-corrected chi connectivity index (χ2v) is 5.95. The number of hydrogen-bond donors (Lipinski definition) is 1. The first-order valence-electron chi connectivity index (χ1n) is 8.15. The Labute approximate surface area is 133 Å². The maximum Gasteiger partial charge on any atom is 0.259 e. The molecule has 0 aromatic heterocycles. The molecule has 0 radical (unpaired) electrons. The molecule has 1 unspecified atom stereocenters. The molecule has 0 bridgehead atoms. The van der Waals surface area contributed by atoms with Crippen molar-refractivity contribution in [2.24, 2.45) is 0 Å². The number of rotatable bonds is 11. The second-order valence-electron chi connectivity index (χ2n) is 4.49. The van der Waals surface area contributed by atoms with Crippen molar-refractivity contribution in [3.8, 4) is 6.07 Å². The molecule has 0 aromatic rings. The van der Waals surface area contributed by atoms with Gasteiger partial charge in [0.25, 0.3) is 8.53 Å². The van der Waals surface area contributed by atoms with E-state index in [1.807, 2.05) is 0 Å². The molecular weight excluding hydrogens is 291 g/mol. The average molecular weight is 325 g/mol. The van der Waals surface area contributed by atoms with Gasteiger partial charge in [0.2, 0.25) is 1.43 Å². The molecule has 0 aliphatic rings. The van der Waals surface area contributed by atoms with Crippen LogP contribution in [0.15, 0.2) is 0 Å². The number of nitrogens with zero attached hydrogens (tertiary/aromatic N) is 2. The van der Waals surface area contributed by atoms with Crippen LogP contribution < -0.4 is 0 Å². The van der Waals surface area contributed by atoms with E-state index < -0.39 is 8.53 Å². The summed E-state index contributed by atoms with van der Waals surface area (Å²) in [6, 6.07) is 2.68. The molecular formula is C14H31N2O4P. The molecule has 7 heteroatoms. The highest BCUT2D eigenvalue weighted by molar-refractivity contribution is 7.44. The molecule has 0 aliphatic heterocycles. The number of ether oxygens (including phenoxy) is 1. The van der Waals surface area contributed by atoms with Gasteiger partial charge in [0, 0.05) is 27.2 Å². The van der Waals surface area contributed by atoms with Gasteiger partial charge < -0.3 is 18.9 Å². The molecule has 6 nitrogen and oxygen atoms in total. The lowest BCUT2D eigenvalue weighted by Gasteiger charge is -2.35. The van der Waals surface area contributed by atoms with E-state index in [-0.39, 0.29) is 6.90 Å². The van der Waals surface area contributed by atoms with Gasteiger partial charge in [0.1, 0.15) is 0 Å². The Kier molecular flexibility index (Phi) is 14.4. The average Bonchev–Trinajstić information content (AvgIpc) is 2.47. The highest BCUT2D eigenvalue weighted by Crippen LogP contribution is 2.45. The van der Waals surface area contributed by atoms with Crippen LogP contribution in [0.2, 0.25) is 0 Å². The Morgan fingerprint density at radius 3 is 2.33 bits per heavy atom. The summed E-state index contributed by atoms with van der Waals surface area (Å²) in [4.78, 5) is 0. The van der Waals surface area contributed by atoms with E-state index in [1.54, 1.807) is 0 Å². The highest BCUT2D eigenvalue weighted by Gasteiger charge is 2.26. The normalized spacial score (nSPS) is 13.5. The number of hydrogen-bond acceptors (Lipinski definition) is 6. The van der Waals surface area contributed by atoms with Crippen LogP contribution in [-0.2, 0) is 13.8 Å². The summed E-state index contributed by atoms with van der Waals surface area (Å²) in [7, 11) is 0.112. The van der Waals surface area contributed by atoms with Gasteiger partial charge in [-0.1, -0.05) is 0 Å².